The highest BCUT2D eigenvalue weighted by atomic mass is 15.2. The van der Waals surface area contributed by atoms with Crippen molar-refractivity contribution in [2.45, 2.75) is 52.1 Å². The molecule has 0 aliphatic carbocycles. The Kier molecular flexibility index (Phi) is 5.73. The number of nitrogens with zero attached hydrogens (tertiary/aromatic N) is 1. The van der Waals surface area contributed by atoms with Crippen molar-refractivity contribution in [3.05, 3.63) is 0 Å². The Labute approximate surface area is 101 Å². The quantitative estimate of drug-likeness (QED) is 0.696. The highest BCUT2D eigenvalue weighted by Gasteiger charge is 2.26. The van der Waals surface area contributed by atoms with E-state index in [2.05, 4.69) is 43.2 Å². The molecule has 0 aromatic heterocycles. The first-order chi connectivity index (χ1) is 7.54. The smallest absolute Gasteiger partial charge is 0.0125 e. The van der Waals surface area contributed by atoms with Gasteiger partial charge in [-0.25, -0.2) is 0 Å². The lowest BCUT2D eigenvalue weighted by atomic mass is 9.98. The number of hydrogen-bond donors (Lipinski definition) is 2. The van der Waals surface area contributed by atoms with E-state index < -0.39 is 0 Å². The van der Waals surface area contributed by atoms with E-state index in [1.54, 1.807) is 0 Å². The van der Waals surface area contributed by atoms with Gasteiger partial charge in [-0.3, -0.25) is 4.90 Å². The third-order valence-electron chi connectivity index (χ3n) is 3.43. The number of rotatable bonds is 5. The summed E-state index contributed by atoms with van der Waals surface area (Å²) >= 11 is 0. The van der Waals surface area contributed by atoms with Crippen molar-refractivity contribution in [2.24, 2.45) is 0 Å². The molecule has 0 spiro atoms. The lowest BCUT2D eigenvalue weighted by Crippen LogP contribution is -2.50. The largest absolute Gasteiger partial charge is 0.316 e. The van der Waals surface area contributed by atoms with Crippen LogP contribution < -0.4 is 10.6 Å². The van der Waals surface area contributed by atoms with E-state index in [4.69, 9.17) is 0 Å². The summed E-state index contributed by atoms with van der Waals surface area (Å²) in [5, 5.41) is 6.99. The molecule has 0 bridgehead atoms. The summed E-state index contributed by atoms with van der Waals surface area (Å²) in [6.07, 6.45) is 2.59. The Morgan fingerprint density at radius 1 is 1.12 bits per heavy atom. The Balaban J connectivity index is 2.12. The van der Waals surface area contributed by atoms with E-state index in [1.165, 1.54) is 25.9 Å². The molecule has 0 radical (unpaired) electrons. The van der Waals surface area contributed by atoms with E-state index in [0.29, 0.717) is 5.54 Å². The Hall–Kier alpha value is -0.120. The van der Waals surface area contributed by atoms with Crippen molar-refractivity contribution < 1.29 is 0 Å². The minimum atomic E-state index is 0.342. The van der Waals surface area contributed by atoms with Crippen molar-refractivity contribution in [3.8, 4) is 0 Å². The van der Waals surface area contributed by atoms with E-state index >= 15 is 0 Å². The first-order valence-corrected chi connectivity index (χ1v) is 6.73. The lowest BCUT2D eigenvalue weighted by Gasteiger charge is -2.41. The molecule has 1 aliphatic heterocycles. The molecule has 1 fully saturated rings. The van der Waals surface area contributed by atoms with Crippen LogP contribution in [0.15, 0.2) is 0 Å². The van der Waals surface area contributed by atoms with Gasteiger partial charge in [0.15, 0.2) is 0 Å². The van der Waals surface area contributed by atoms with Gasteiger partial charge in [0.1, 0.15) is 0 Å². The summed E-state index contributed by atoms with van der Waals surface area (Å²) in [4.78, 5) is 2.59. The lowest BCUT2D eigenvalue weighted by molar-refractivity contribution is 0.0965. The van der Waals surface area contributed by atoms with Gasteiger partial charge in [0, 0.05) is 37.8 Å². The van der Waals surface area contributed by atoms with Gasteiger partial charge < -0.3 is 10.6 Å². The highest BCUT2D eigenvalue weighted by Crippen LogP contribution is 2.19. The maximum Gasteiger partial charge on any atom is 0.0125 e. The van der Waals surface area contributed by atoms with Gasteiger partial charge in [0.2, 0.25) is 0 Å². The third kappa shape index (κ3) is 4.81. The maximum absolute atomic E-state index is 3.64. The first-order valence-electron chi connectivity index (χ1n) is 6.73. The summed E-state index contributed by atoms with van der Waals surface area (Å²) in [5.41, 5.74) is 0.342. The maximum atomic E-state index is 3.64. The number of hydrogen-bond acceptors (Lipinski definition) is 3. The van der Waals surface area contributed by atoms with Gasteiger partial charge in [-0.15, -0.1) is 0 Å². The number of nitrogens with one attached hydrogen (secondary N) is 2. The van der Waals surface area contributed by atoms with Crippen LogP contribution in [0, 0.1) is 0 Å². The zero-order valence-corrected chi connectivity index (χ0v) is 11.5. The Morgan fingerprint density at radius 3 is 2.25 bits per heavy atom. The van der Waals surface area contributed by atoms with E-state index in [-0.39, 0.29) is 0 Å². The Morgan fingerprint density at radius 2 is 1.75 bits per heavy atom. The Bertz CT molecular complexity index is 178. The molecule has 0 unspecified atom stereocenters. The van der Waals surface area contributed by atoms with Crippen LogP contribution in [-0.4, -0.2) is 49.2 Å². The molecule has 2 N–H and O–H groups in total. The van der Waals surface area contributed by atoms with Crippen LogP contribution in [0.4, 0.5) is 0 Å². The second-order valence-corrected chi connectivity index (χ2v) is 5.74. The van der Waals surface area contributed by atoms with Crippen LogP contribution in [0.3, 0.4) is 0 Å². The topological polar surface area (TPSA) is 27.3 Å². The summed E-state index contributed by atoms with van der Waals surface area (Å²) in [7, 11) is 0. The fourth-order valence-corrected chi connectivity index (χ4v) is 2.30. The fraction of sp³-hybridized carbons (Fsp3) is 1.00. The molecule has 0 amide bonds. The minimum Gasteiger partial charge on any atom is -0.316 e. The molecule has 3 nitrogen and oxygen atoms in total. The van der Waals surface area contributed by atoms with Crippen molar-refractivity contribution in [3.63, 3.8) is 0 Å². The summed E-state index contributed by atoms with van der Waals surface area (Å²) in [5.74, 6) is 0. The first kappa shape index (κ1) is 13.9. The van der Waals surface area contributed by atoms with Gasteiger partial charge >= 0.3 is 0 Å². The van der Waals surface area contributed by atoms with Gasteiger partial charge in [-0.05, 0) is 40.2 Å². The van der Waals surface area contributed by atoms with Crippen LogP contribution in [0.2, 0.25) is 0 Å². The van der Waals surface area contributed by atoms with Crippen LogP contribution in [-0.2, 0) is 0 Å². The SMILES string of the molecule is CCNCCNC1CCN(C(C)(C)C)CC1. The van der Waals surface area contributed by atoms with Crippen LogP contribution in [0.1, 0.15) is 40.5 Å². The number of likely N-dealkylation sites (N-methyl/N-ethyl adjacent to an activating group) is 1. The fourth-order valence-electron chi connectivity index (χ4n) is 2.30. The summed E-state index contributed by atoms with van der Waals surface area (Å²) in [6, 6.07) is 0.734. The molecule has 16 heavy (non-hydrogen) atoms. The molecule has 1 saturated heterocycles. The van der Waals surface area contributed by atoms with E-state index in [9.17, 15) is 0 Å². The van der Waals surface area contributed by atoms with Gasteiger partial charge in [0.05, 0.1) is 0 Å². The summed E-state index contributed by atoms with van der Waals surface area (Å²) in [6.45, 7) is 14.8. The molecule has 0 aromatic rings. The predicted molar refractivity (Wildman–Crippen MR) is 70.9 cm³/mol. The van der Waals surface area contributed by atoms with Crippen molar-refractivity contribution in [2.75, 3.05) is 32.7 Å². The average molecular weight is 227 g/mol. The molecule has 1 heterocycles. The molecular weight excluding hydrogens is 198 g/mol. The minimum absolute atomic E-state index is 0.342. The molecular formula is C13H29N3. The van der Waals surface area contributed by atoms with Crippen molar-refractivity contribution in [1.82, 2.24) is 15.5 Å². The van der Waals surface area contributed by atoms with Crippen LogP contribution >= 0.6 is 0 Å². The second-order valence-electron chi connectivity index (χ2n) is 5.74. The predicted octanol–water partition coefficient (Wildman–Crippen LogP) is 1.45. The van der Waals surface area contributed by atoms with E-state index in [0.717, 1.165) is 25.7 Å². The van der Waals surface area contributed by atoms with Crippen molar-refractivity contribution in [1.29, 1.82) is 0 Å². The second kappa shape index (κ2) is 6.58. The number of piperidine rings is 1. The zero-order valence-electron chi connectivity index (χ0n) is 11.5. The standard InChI is InChI=1S/C13H29N3/c1-5-14-8-9-15-12-6-10-16(11-7-12)13(2,3)4/h12,14-15H,5-11H2,1-4H3. The molecule has 0 atom stereocenters. The monoisotopic (exact) mass is 227 g/mol. The van der Waals surface area contributed by atoms with Gasteiger partial charge in [-0.2, -0.15) is 0 Å². The number of likely N-dealkylation sites (tertiary alicyclic amines) is 1. The molecule has 0 aromatic carbocycles. The van der Waals surface area contributed by atoms with Crippen LogP contribution in [0.5, 0.6) is 0 Å². The van der Waals surface area contributed by atoms with Gasteiger partial charge in [-0.1, -0.05) is 6.92 Å². The van der Waals surface area contributed by atoms with Crippen molar-refractivity contribution >= 4 is 0 Å². The molecule has 3 heteroatoms. The average Bonchev–Trinajstić information content (AvgIpc) is 2.24. The molecule has 0 saturated carbocycles. The third-order valence-corrected chi connectivity index (χ3v) is 3.43. The molecule has 96 valence electrons. The highest BCUT2D eigenvalue weighted by molar-refractivity contribution is 4.84. The zero-order chi connectivity index (χ0) is 12.0. The van der Waals surface area contributed by atoms with E-state index in [1.807, 2.05) is 0 Å². The van der Waals surface area contributed by atoms with Crippen LogP contribution in [0.25, 0.3) is 0 Å². The molecule has 1 rings (SSSR count). The normalized spacial score (nSPS) is 20.2. The summed E-state index contributed by atoms with van der Waals surface area (Å²) < 4.78 is 0. The van der Waals surface area contributed by atoms with Gasteiger partial charge in [0.25, 0.3) is 0 Å². The molecule has 1 aliphatic rings.